The van der Waals surface area contributed by atoms with E-state index in [0.717, 1.165) is 13.2 Å². The van der Waals surface area contributed by atoms with Crippen LogP contribution in [0.3, 0.4) is 0 Å². The Morgan fingerprint density at radius 2 is 1.64 bits per heavy atom. The van der Waals surface area contributed by atoms with E-state index < -0.39 is 0 Å². The maximum Gasteiger partial charge on any atom is 0.0675 e. The Labute approximate surface area is 89.6 Å². The number of rotatable bonds is 0. The number of nitrogens with zero attached hydrogens (tertiary/aromatic N) is 1. The van der Waals surface area contributed by atoms with Crippen molar-refractivity contribution in [2.24, 2.45) is 0 Å². The second kappa shape index (κ2) is 5.72. The minimum atomic E-state index is 0.275. The fourth-order valence-electron chi connectivity index (χ4n) is 1.84. The van der Waals surface area contributed by atoms with Crippen LogP contribution in [0.15, 0.2) is 0 Å². The minimum absolute atomic E-state index is 0.275. The molecule has 14 heavy (non-hydrogen) atoms. The van der Waals surface area contributed by atoms with E-state index in [1.54, 1.807) is 0 Å². The highest BCUT2D eigenvalue weighted by Crippen LogP contribution is 2.21. The Kier molecular flexibility index (Phi) is 5.68. The van der Waals surface area contributed by atoms with Crippen molar-refractivity contribution in [1.82, 2.24) is 4.90 Å². The number of hydrogen-bond acceptors (Lipinski definition) is 2. The van der Waals surface area contributed by atoms with Gasteiger partial charge in [-0.25, -0.2) is 0 Å². The summed E-state index contributed by atoms with van der Waals surface area (Å²) >= 11 is 0. The third-order valence-corrected chi connectivity index (χ3v) is 2.47. The van der Waals surface area contributed by atoms with Gasteiger partial charge >= 0.3 is 0 Å². The van der Waals surface area contributed by atoms with E-state index in [0.29, 0.717) is 12.1 Å². The molecule has 0 aromatic rings. The van der Waals surface area contributed by atoms with Crippen molar-refractivity contribution in [3.05, 3.63) is 0 Å². The van der Waals surface area contributed by atoms with Gasteiger partial charge < -0.3 is 4.74 Å². The average Bonchev–Trinajstić information content (AvgIpc) is 2.11. The molecule has 0 aromatic heterocycles. The molecule has 0 saturated carbocycles. The molecule has 0 aliphatic carbocycles. The lowest BCUT2D eigenvalue weighted by molar-refractivity contribution is -0.0818. The van der Waals surface area contributed by atoms with Gasteiger partial charge in [0.05, 0.1) is 12.7 Å². The van der Waals surface area contributed by atoms with Gasteiger partial charge in [0.2, 0.25) is 0 Å². The zero-order valence-electron chi connectivity index (χ0n) is 10.9. The molecule has 0 spiro atoms. The van der Waals surface area contributed by atoms with Crippen molar-refractivity contribution >= 4 is 0 Å². The van der Waals surface area contributed by atoms with Crippen LogP contribution in [0.4, 0.5) is 0 Å². The summed E-state index contributed by atoms with van der Waals surface area (Å²) in [4.78, 5) is 2.52. The van der Waals surface area contributed by atoms with E-state index in [1.807, 2.05) is 13.8 Å². The molecule has 1 fully saturated rings. The molecule has 1 heterocycles. The summed E-state index contributed by atoms with van der Waals surface area (Å²) in [5.41, 5.74) is 0.275. The second-order valence-electron chi connectivity index (χ2n) is 4.82. The van der Waals surface area contributed by atoms with Crippen LogP contribution in [-0.2, 0) is 4.74 Å². The lowest BCUT2D eigenvalue weighted by Gasteiger charge is -2.45. The van der Waals surface area contributed by atoms with E-state index in [4.69, 9.17) is 4.74 Å². The zero-order valence-corrected chi connectivity index (χ0v) is 10.9. The summed E-state index contributed by atoms with van der Waals surface area (Å²) in [5.74, 6) is 0. The van der Waals surface area contributed by atoms with Gasteiger partial charge in [-0.2, -0.15) is 0 Å². The molecule has 0 radical (unpaired) electrons. The Hall–Kier alpha value is -0.0800. The molecular formula is C12H27NO. The van der Waals surface area contributed by atoms with E-state index in [-0.39, 0.29) is 5.54 Å². The summed E-state index contributed by atoms with van der Waals surface area (Å²) in [7, 11) is 0. The van der Waals surface area contributed by atoms with Crippen LogP contribution in [0.5, 0.6) is 0 Å². The van der Waals surface area contributed by atoms with E-state index >= 15 is 0 Å². The Balaban J connectivity index is 0.000000791. The van der Waals surface area contributed by atoms with Crippen molar-refractivity contribution < 1.29 is 4.74 Å². The summed E-state index contributed by atoms with van der Waals surface area (Å²) in [6.07, 6.45) is 0.389. The normalized spacial score (nSPS) is 29.4. The number of ether oxygens (including phenoxy) is 1. The van der Waals surface area contributed by atoms with Crippen molar-refractivity contribution in [1.29, 1.82) is 0 Å². The number of hydrogen-bond donors (Lipinski definition) is 0. The summed E-state index contributed by atoms with van der Waals surface area (Å²) < 4.78 is 5.57. The predicted octanol–water partition coefficient (Wildman–Crippen LogP) is 2.92. The van der Waals surface area contributed by atoms with Crippen molar-refractivity contribution in [3.63, 3.8) is 0 Å². The average molecular weight is 201 g/mol. The Bertz CT molecular complexity index is 151. The molecule has 86 valence electrons. The standard InChI is InChI=1S/C10H21NO.C2H6/c1-8-7-12-9(2)6-11(8)10(3,4)5;1-2/h8-9H,6-7H2,1-5H3;1-2H3. The van der Waals surface area contributed by atoms with Gasteiger partial charge in [-0.1, -0.05) is 13.8 Å². The first-order valence-electron chi connectivity index (χ1n) is 5.79. The molecule has 1 aliphatic heterocycles. The van der Waals surface area contributed by atoms with E-state index in [2.05, 4.69) is 39.5 Å². The van der Waals surface area contributed by atoms with Crippen LogP contribution >= 0.6 is 0 Å². The number of morpholine rings is 1. The molecule has 2 heteroatoms. The van der Waals surface area contributed by atoms with Gasteiger partial charge in [0.1, 0.15) is 0 Å². The first-order chi connectivity index (χ1) is 6.41. The van der Waals surface area contributed by atoms with Gasteiger partial charge in [0, 0.05) is 18.1 Å². The lowest BCUT2D eigenvalue weighted by atomic mass is 10.0. The first kappa shape index (κ1) is 13.9. The molecule has 2 atom stereocenters. The van der Waals surface area contributed by atoms with Crippen LogP contribution in [-0.4, -0.2) is 35.7 Å². The zero-order chi connectivity index (χ0) is 11.4. The highest BCUT2D eigenvalue weighted by molar-refractivity contribution is 4.85. The van der Waals surface area contributed by atoms with Crippen molar-refractivity contribution in [2.45, 2.75) is 66.2 Å². The smallest absolute Gasteiger partial charge is 0.0675 e. The highest BCUT2D eigenvalue weighted by atomic mass is 16.5. The molecule has 1 rings (SSSR count). The van der Waals surface area contributed by atoms with Crippen LogP contribution < -0.4 is 0 Å². The molecule has 0 aromatic carbocycles. The van der Waals surface area contributed by atoms with Crippen molar-refractivity contribution in [2.75, 3.05) is 13.2 Å². The highest BCUT2D eigenvalue weighted by Gasteiger charge is 2.31. The molecule has 2 unspecified atom stereocenters. The van der Waals surface area contributed by atoms with Gasteiger partial charge in [-0.15, -0.1) is 0 Å². The van der Waals surface area contributed by atoms with Gasteiger partial charge in [-0.3, -0.25) is 4.90 Å². The van der Waals surface area contributed by atoms with Crippen LogP contribution in [0.2, 0.25) is 0 Å². The lowest BCUT2D eigenvalue weighted by Crippen LogP contribution is -2.55. The maximum atomic E-state index is 5.57. The Morgan fingerprint density at radius 1 is 1.14 bits per heavy atom. The third-order valence-electron chi connectivity index (χ3n) is 2.47. The first-order valence-corrected chi connectivity index (χ1v) is 5.79. The largest absolute Gasteiger partial charge is 0.376 e. The van der Waals surface area contributed by atoms with Gasteiger partial charge in [0.25, 0.3) is 0 Å². The summed E-state index contributed by atoms with van der Waals surface area (Å²) in [6.45, 7) is 17.1. The van der Waals surface area contributed by atoms with Crippen LogP contribution in [0.25, 0.3) is 0 Å². The topological polar surface area (TPSA) is 12.5 Å². The van der Waals surface area contributed by atoms with Gasteiger partial charge in [-0.05, 0) is 34.6 Å². The molecule has 0 bridgehead atoms. The predicted molar refractivity (Wildman–Crippen MR) is 62.7 cm³/mol. The molecule has 0 amide bonds. The fourth-order valence-corrected chi connectivity index (χ4v) is 1.84. The Morgan fingerprint density at radius 3 is 2.00 bits per heavy atom. The second-order valence-corrected chi connectivity index (χ2v) is 4.82. The fraction of sp³-hybridized carbons (Fsp3) is 1.00. The SMILES string of the molecule is CC.CC1CN(C(C)(C)C)C(C)CO1. The molecule has 1 aliphatic rings. The molecule has 2 nitrogen and oxygen atoms in total. The van der Waals surface area contributed by atoms with Crippen molar-refractivity contribution in [3.8, 4) is 0 Å². The van der Waals surface area contributed by atoms with E-state index in [9.17, 15) is 0 Å². The van der Waals surface area contributed by atoms with Crippen LogP contribution in [0, 0.1) is 0 Å². The maximum absolute atomic E-state index is 5.57. The minimum Gasteiger partial charge on any atom is -0.376 e. The molecule has 0 N–H and O–H groups in total. The monoisotopic (exact) mass is 201 g/mol. The van der Waals surface area contributed by atoms with Crippen LogP contribution in [0.1, 0.15) is 48.5 Å². The van der Waals surface area contributed by atoms with Gasteiger partial charge in [0.15, 0.2) is 0 Å². The van der Waals surface area contributed by atoms with E-state index in [1.165, 1.54) is 0 Å². The molecule has 1 saturated heterocycles. The summed E-state index contributed by atoms with van der Waals surface area (Å²) in [6, 6.07) is 0.557. The quantitative estimate of drug-likeness (QED) is 0.597. The summed E-state index contributed by atoms with van der Waals surface area (Å²) in [5, 5.41) is 0. The molecular weight excluding hydrogens is 174 g/mol. The third kappa shape index (κ3) is 3.97.